The number of nitrogens with one attached hydrogen (secondary N) is 1. The lowest BCUT2D eigenvalue weighted by molar-refractivity contribution is -0.253. The zero-order chi connectivity index (χ0) is 12.2. The van der Waals surface area contributed by atoms with E-state index in [1.807, 2.05) is 13.8 Å². The van der Waals surface area contributed by atoms with Gasteiger partial charge in [0.15, 0.2) is 5.79 Å². The Hall–Kier alpha value is -0.120. The molecule has 0 aromatic rings. The summed E-state index contributed by atoms with van der Waals surface area (Å²) in [6, 6.07) is 0.900. The molecule has 2 rings (SSSR count). The van der Waals surface area contributed by atoms with E-state index in [1.165, 1.54) is 0 Å². The van der Waals surface area contributed by atoms with E-state index in [9.17, 15) is 0 Å². The molecule has 1 aliphatic carbocycles. The van der Waals surface area contributed by atoms with Crippen molar-refractivity contribution in [2.24, 2.45) is 10.8 Å². The van der Waals surface area contributed by atoms with Crippen LogP contribution in [0.4, 0.5) is 0 Å². The fourth-order valence-corrected chi connectivity index (χ4v) is 2.64. The molecule has 3 nitrogen and oxygen atoms in total. The SMILES string of the molecule is CC1(C)OCC(NC2C(C)(C)C2(C)C)CO1. The zero-order valence-electron chi connectivity index (χ0n) is 11.4. The second-order valence-electron chi connectivity index (χ2n) is 6.76. The van der Waals surface area contributed by atoms with Crippen LogP contribution in [-0.4, -0.2) is 31.1 Å². The van der Waals surface area contributed by atoms with Gasteiger partial charge in [0, 0.05) is 6.04 Å². The average molecular weight is 227 g/mol. The Labute approximate surface area is 98.9 Å². The Balaban J connectivity index is 1.85. The van der Waals surface area contributed by atoms with Gasteiger partial charge in [-0.2, -0.15) is 0 Å². The standard InChI is InChI=1S/C13H25NO2/c1-11(2)10(12(11,3)4)14-9-7-15-13(5,6)16-8-9/h9-10,14H,7-8H2,1-6H3. The predicted octanol–water partition coefficient (Wildman–Crippen LogP) is 2.16. The van der Waals surface area contributed by atoms with Crippen molar-refractivity contribution < 1.29 is 9.47 Å². The van der Waals surface area contributed by atoms with Gasteiger partial charge in [0.05, 0.1) is 19.3 Å². The lowest BCUT2D eigenvalue weighted by Crippen LogP contribution is -2.50. The van der Waals surface area contributed by atoms with Gasteiger partial charge in [-0.3, -0.25) is 0 Å². The van der Waals surface area contributed by atoms with Crippen LogP contribution in [0.25, 0.3) is 0 Å². The van der Waals surface area contributed by atoms with Crippen LogP contribution in [0, 0.1) is 10.8 Å². The van der Waals surface area contributed by atoms with Gasteiger partial charge < -0.3 is 14.8 Å². The summed E-state index contributed by atoms with van der Waals surface area (Å²) in [6.07, 6.45) is 0. The molecule has 16 heavy (non-hydrogen) atoms. The van der Waals surface area contributed by atoms with Crippen molar-refractivity contribution in [1.82, 2.24) is 5.32 Å². The first kappa shape index (κ1) is 12.3. The first-order chi connectivity index (χ1) is 7.17. The second kappa shape index (κ2) is 3.44. The maximum atomic E-state index is 5.66. The topological polar surface area (TPSA) is 30.5 Å². The number of hydrogen-bond acceptors (Lipinski definition) is 3. The summed E-state index contributed by atoms with van der Waals surface area (Å²) in [5, 5.41) is 3.66. The maximum Gasteiger partial charge on any atom is 0.162 e. The van der Waals surface area contributed by atoms with E-state index >= 15 is 0 Å². The summed E-state index contributed by atoms with van der Waals surface area (Å²) in [6.45, 7) is 14.7. The molecule has 1 aliphatic heterocycles. The van der Waals surface area contributed by atoms with E-state index in [2.05, 4.69) is 33.0 Å². The normalized spacial score (nSPS) is 32.6. The highest BCUT2D eigenvalue weighted by Gasteiger charge is 2.65. The van der Waals surface area contributed by atoms with E-state index < -0.39 is 5.79 Å². The summed E-state index contributed by atoms with van der Waals surface area (Å²) in [5.41, 5.74) is 0.750. The Morgan fingerprint density at radius 1 is 0.875 bits per heavy atom. The molecule has 0 amide bonds. The van der Waals surface area contributed by atoms with Crippen molar-refractivity contribution in [3.63, 3.8) is 0 Å². The first-order valence-electron chi connectivity index (χ1n) is 6.21. The molecule has 0 spiro atoms. The Kier molecular flexibility index (Phi) is 2.65. The third kappa shape index (κ3) is 1.89. The highest BCUT2D eigenvalue weighted by atomic mass is 16.7. The van der Waals surface area contributed by atoms with Gasteiger partial charge in [0.2, 0.25) is 0 Å². The minimum Gasteiger partial charge on any atom is -0.349 e. The van der Waals surface area contributed by atoms with Crippen LogP contribution < -0.4 is 5.32 Å². The molecule has 3 heteroatoms. The quantitative estimate of drug-likeness (QED) is 0.784. The number of rotatable bonds is 2. The summed E-state index contributed by atoms with van der Waals surface area (Å²) in [4.78, 5) is 0. The van der Waals surface area contributed by atoms with Gasteiger partial charge in [-0.15, -0.1) is 0 Å². The zero-order valence-corrected chi connectivity index (χ0v) is 11.4. The molecule has 0 atom stereocenters. The van der Waals surface area contributed by atoms with E-state index in [0.717, 1.165) is 13.2 Å². The van der Waals surface area contributed by atoms with Gasteiger partial charge in [-0.05, 0) is 24.7 Å². The largest absolute Gasteiger partial charge is 0.349 e. The first-order valence-corrected chi connectivity index (χ1v) is 6.21. The highest BCUT2D eigenvalue weighted by Crippen LogP contribution is 2.62. The van der Waals surface area contributed by atoms with Crippen molar-refractivity contribution in [3.05, 3.63) is 0 Å². The molecule has 94 valence electrons. The van der Waals surface area contributed by atoms with Gasteiger partial charge in [-0.25, -0.2) is 0 Å². The highest BCUT2D eigenvalue weighted by molar-refractivity contribution is 5.18. The summed E-state index contributed by atoms with van der Waals surface area (Å²) >= 11 is 0. The third-order valence-electron chi connectivity index (χ3n) is 4.69. The van der Waals surface area contributed by atoms with Crippen LogP contribution in [0.3, 0.4) is 0 Å². The second-order valence-corrected chi connectivity index (χ2v) is 6.76. The molecule has 2 fully saturated rings. The average Bonchev–Trinajstić information content (AvgIpc) is 2.51. The van der Waals surface area contributed by atoms with E-state index in [-0.39, 0.29) is 0 Å². The predicted molar refractivity (Wildman–Crippen MR) is 64.3 cm³/mol. The van der Waals surface area contributed by atoms with Crippen molar-refractivity contribution in [2.75, 3.05) is 13.2 Å². The molecular formula is C13H25NO2. The lowest BCUT2D eigenvalue weighted by atomic mass is 10.0. The van der Waals surface area contributed by atoms with Gasteiger partial charge >= 0.3 is 0 Å². The molecule has 0 bridgehead atoms. The van der Waals surface area contributed by atoms with Crippen LogP contribution in [0.15, 0.2) is 0 Å². The van der Waals surface area contributed by atoms with E-state index in [1.54, 1.807) is 0 Å². The van der Waals surface area contributed by atoms with E-state index in [4.69, 9.17) is 9.47 Å². The Morgan fingerprint density at radius 3 is 1.69 bits per heavy atom. The molecular weight excluding hydrogens is 202 g/mol. The Bertz CT molecular complexity index is 260. The smallest absolute Gasteiger partial charge is 0.162 e. The summed E-state index contributed by atoms with van der Waals surface area (Å²) in [7, 11) is 0. The molecule has 1 saturated heterocycles. The molecule has 1 heterocycles. The van der Waals surface area contributed by atoms with Crippen LogP contribution in [0.1, 0.15) is 41.5 Å². The minimum atomic E-state index is -0.410. The van der Waals surface area contributed by atoms with Crippen LogP contribution >= 0.6 is 0 Å². The molecule has 0 unspecified atom stereocenters. The summed E-state index contributed by atoms with van der Waals surface area (Å²) < 4.78 is 11.3. The van der Waals surface area contributed by atoms with Gasteiger partial charge in [0.25, 0.3) is 0 Å². The van der Waals surface area contributed by atoms with Crippen LogP contribution in [-0.2, 0) is 9.47 Å². The minimum absolute atomic E-state index is 0.332. The monoisotopic (exact) mass is 227 g/mol. The Morgan fingerprint density at radius 2 is 1.31 bits per heavy atom. The fraction of sp³-hybridized carbons (Fsp3) is 1.00. The molecule has 0 aromatic carbocycles. The molecule has 0 radical (unpaired) electrons. The van der Waals surface area contributed by atoms with Crippen molar-refractivity contribution in [2.45, 2.75) is 59.4 Å². The van der Waals surface area contributed by atoms with Crippen molar-refractivity contribution in [1.29, 1.82) is 0 Å². The van der Waals surface area contributed by atoms with Crippen molar-refractivity contribution in [3.8, 4) is 0 Å². The molecule has 0 aromatic heterocycles. The third-order valence-corrected chi connectivity index (χ3v) is 4.69. The summed E-state index contributed by atoms with van der Waals surface area (Å²) in [5.74, 6) is -0.410. The number of ether oxygens (including phenoxy) is 2. The van der Waals surface area contributed by atoms with Crippen molar-refractivity contribution >= 4 is 0 Å². The van der Waals surface area contributed by atoms with Crippen LogP contribution in [0.2, 0.25) is 0 Å². The van der Waals surface area contributed by atoms with Gasteiger partial charge in [0.1, 0.15) is 0 Å². The maximum absolute atomic E-state index is 5.66. The molecule has 2 aliphatic rings. The lowest BCUT2D eigenvalue weighted by Gasteiger charge is -2.35. The fourth-order valence-electron chi connectivity index (χ4n) is 2.64. The molecule has 1 N–H and O–H groups in total. The van der Waals surface area contributed by atoms with Gasteiger partial charge in [-0.1, -0.05) is 27.7 Å². The van der Waals surface area contributed by atoms with Crippen LogP contribution in [0.5, 0.6) is 0 Å². The number of hydrogen-bond donors (Lipinski definition) is 1. The van der Waals surface area contributed by atoms with E-state index in [0.29, 0.717) is 22.9 Å². The molecule has 1 saturated carbocycles.